The van der Waals surface area contributed by atoms with E-state index in [9.17, 15) is 18.0 Å². The fourth-order valence-corrected chi connectivity index (χ4v) is 2.52. The van der Waals surface area contributed by atoms with E-state index in [0.717, 1.165) is 5.56 Å². The Hall–Kier alpha value is -2.55. The molecule has 1 aromatic heterocycles. The molecule has 0 radical (unpaired) electrons. The molecule has 1 saturated heterocycles. The molecule has 1 aromatic carbocycles. The highest BCUT2D eigenvalue weighted by atomic mass is 19.4. The van der Waals surface area contributed by atoms with Crippen LogP contribution in [0.5, 0.6) is 5.75 Å². The summed E-state index contributed by atoms with van der Waals surface area (Å²) in [5.74, 6) is 0.290. The average Bonchev–Trinajstić information content (AvgIpc) is 3.01. The molecule has 0 unspecified atom stereocenters. The van der Waals surface area contributed by atoms with Gasteiger partial charge in [-0.2, -0.15) is 18.3 Å². The van der Waals surface area contributed by atoms with Gasteiger partial charge in [0.2, 0.25) is 0 Å². The number of carbonyl (C=O) groups excluding carboxylic acids is 1. The van der Waals surface area contributed by atoms with Crippen molar-refractivity contribution in [2.45, 2.75) is 12.3 Å². The van der Waals surface area contributed by atoms with Gasteiger partial charge >= 0.3 is 6.18 Å². The number of alkyl halides is 3. The van der Waals surface area contributed by atoms with Crippen LogP contribution in [0, 0.1) is 0 Å². The Kier molecular flexibility index (Phi) is 4.67. The Balaban J connectivity index is 1.61. The van der Waals surface area contributed by atoms with Crippen molar-refractivity contribution in [1.82, 2.24) is 15.1 Å². The van der Waals surface area contributed by atoms with E-state index in [0.29, 0.717) is 11.4 Å². The molecule has 134 valence electrons. The maximum atomic E-state index is 12.3. The first-order valence-corrected chi connectivity index (χ1v) is 7.54. The number of nitrogens with one attached hydrogen (secondary N) is 1. The largest absolute Gasteiger partial charge is 0.496 e. The van der Waals surface area contributed by atoms with Crippen molar-refractivity contribution in [2.75, 3.05) is 26.8 Å². The number of halogens is 3. The van der Waals surface area contributed by atoms with E-state index in [1.165, 1.54) is 4.90 Å². The van der Waals surface area contributed by atoms with Crippen LogP contribution in [0.25, 0.3) is 11.3 Å². The second-order valence-electron chi connectivity index (χ2n) is 5.63. The Morgan fingerprint density at radius 2 is 2.08 bits per heavy atom. The molecule has 0 spiro atoms. The van der Waals surface area contributed by atoms with E-state index < -0.39 is 18.9 Å². The van der Waals surface area contributed by atoms with Crippen molar-refractivity contribution in [3.05, 3.63) is 36.0 Å². The predicted molar refractivity (Wildman–Crippen MR) is 82.3 cm³/mol. The summed E-state index contributed by atoms with van der Waals surface area (Å²) in [5, 5.41) is 6.77. The summed E-state index contributed by atoms with van der Waals surface area (Å²) in [6, 6.07) is 8.83. The first-order valence-electron chi connectivity index (χ1n) is 7.54. The minimum Gasteiger partial charge on any atom is -0.496 e. The Morgan fingerprint density at radius 3 is 2.76 bits per heavy atom. The van der Waals surface area contributed by atoms with Crippen LogP contribution in [-0.4, -0.2) is 60.1 Å². The van der Waals surface area contributed by atoms with Gasteiger partial charge in [-0.05, 0) is 18.2 Å². The lowest BCUT2D eigenvalue weighted by Crippen LogP contribution is -2.55. The van der Waals surface area contributed by atoms with Crippen LogP contribution in [0.4, 0.5) is 13.2 Å². The normalized spacial score (nSPS) is 15.1. The number of amides is 1. The number of aromatic amines is 1. The zero-order chi connectivity index (χ0) is 18.0. The molecule has 2 heterocycles. The molecule has 6 nitrogen and oxygen atoms in total. The molecule has 0 bridgehead atoms. The van der Waals surface area contributed by atoms with Crippen LogP contribution >= 0.6 is 0 Å². The summed E-state index contributed by atoms with van der Waals surface area (Å²) < 4.78 is 46.2. The van der Waals surface area contributed by atoms with Crippen molar-refractivity contribution in [3.8, 4) is 17.0 Å². The molecule has 1 amide bonds. The summed E-state index contributed by atoms with van der Waals surface area (Å²) in [6.45, 7) is -1.06. The van der Waals surface area contributed by atoms with Gasteiger partial charge in [0, 0.05) is 18.7 Å². The van der Waals surface area contributed by atoms with Gasteiger partial charge in [0.1, 0.15) is 18.1 Å². The molecular weight excluding hydrogens is 339 g/mol. The molecule has 1 aliphatic heterocycles. The topological polar surface area (TPSA) is 67.4 Å². The predicted octanol–water partition coefficient (Wildman–Crippen LogP) is 2.49. The SMILES string of the molecule is COc1ccccc1-c1cc(C(=O)N2CC(OCC(F)(F)F)C2)[nH]n1. The molecular formula is C16H16F3N3O3. The first kappa shape index (κ1) is 17.3. The van der Waals surface area contributed by atoms with E-state index >= 15 is 0 Å². The molecule has 1 N–H and O–H groups in total. The van der Waals surface area contributed by atoms with Crippen LogP contribution in [0.1, 0.15) is 10.5 Å². The minimum atomic E-state index is -4.36. The van der Waals surface area contributed by atoms with Crippen LogP contribution in [-0.2, 0) is 4.74 Å². The quantitative estimate of drug-likeness (QED) is 0.895. The van der Waals surface area contributed by atoms with Gasteiger partial charge in [0.25, 0.3) is 5.91 Å². The van der Waals surface area contributed by atoms with Gasteiger partial charge in [-0.25, -0.2) is 0 Å². The van der Waals surface area contributed by atoms with Gasteiger partial charge in [-0.15, -0.1) is 0 Å². The lowest BCUT2D eigenvalue weighted by Gasteiger charge is -2.38. The number of benzene rings is 1. The number of ether oxygens (including phenoxy) is 2. The van der Waals surface area contributed by atoms with Crippen molar-refractivity contribution in [2.24, 2.45) is 0 Å². The number of aromatic nitrogens is 2. The third-order valence-electron chi connectivity index (χ3n) is 3.81. The van der Waals surface area contributed by atoms with Crippen molar-refractivity contribution >= 4 is 5.91 Å². The third kappa shape index (κ3) is 3.93. The van der Waals surface area contributed by atoms with E-state index in [1.54, 1.807) is 19.2 Å². The number of nitrogens with zero attached hydrogens (tertiary/aromatic N) is 2. The molecule has 1 aliphatic rings. The highest BCUT2D eigenvalue weighted by Gasteiger charge is 2.36. The summed E-state index contributed by atoms with van der Waals surface area (Å²) >= 11 is 0. The Bertz CT molecular complexity index is 754. The van der Waals surface area contributed by atoms with Gasteiger partial charge in [-0.1, -0.05) is 12.1 Å². The maximum Gasteiger partial charge on any atom is 0.411 e. The van der Waals surface area contributed by atoms with Crippen LogP contribution < -0.4 is 4.74 Å². The van der Waals surface area contributed by atoms with Crippen molar-refractivity contribution in [3.63, 3.8) is 0 Å². The van der Waals surface area contributed by atoms with Crippen molar-refractivity contribution in [1.29, 1.82) is 0 Å². The van der Waals surface area contributed by atoms with E-state index in [2.05, 4.69) is 10.2 Å². The molecule has 25 heavy (non-hydrogen) atoms. The Morgan fingerprint density at radius 1 is 1.36 bits per heavy atom. The van der Waals surface area contributed by atoms with Gasteiger partial charge in [0.05, 0.1) is 18.9 Å². The average molecular weight is 355 g/mol. The van der Waals surface area contributed by atoms with Crippen LogP contribution in [0.3, 0.4) is 0 Å². The number of rotatable bonds is 5. The molecule has 0 atom stereocenters. The zero-order valence-corrected chi connectivity index (χ0v) is 13.3. The molecule has 1 fully saturated rings. The number of likely N-dealkylation sites (tertiary alicyclic amines) is 1. The molecule has 9 heteroatoms. The van der Waals surface area contributed by atoms with Crippen LogP contribution in [0.2, 0.25) is 0 Å². The highest BCUT2D eigenvalue weighted by Crippen LogP contribution is 2.29. The van der Waals surface area contributed by atoms with E-state index in [4.69, 9.17) is 9.47 Å². The number of methoxy groups -OCH3 is 1. The second-order valence-corrected chi connectivity index (χ2v) is 5.63. The standard InChI is InChI=1S/C16H16F3N3O3/c1-24-14-5-3-2-4-11(14)12-6-13(21-20-12)15(23)22-7-10(8-22)25-9-16(17,18)19/h2-6,10H,7-9H2,1H3,(H,20,21). The lowest BCUT2D eigenvalue weighted by molar-refractivity contribution is -0.196. The van der Waals surface area contributed by atoms with E-state index in [1.807, 2.05) is 18.2 Å². The summed E-state index contributed by atoms with van der Waals surface area (Å²) in [5.41, 5.74) is 1.54. The van der Waals surface area contributed by atoms with Gasteiger partial charge < -0.3 is 14.4 Å². The number of hydrogen-bond acceptors (Lipinski definition) is 4. The van der Waals surface area contributed by atoms with Gasteiger partial charge in [-0.3, -0.25) is 9.89 Å². The highest BCUT2D eigenvalue weighted by molar-refractivity contribution is 5.94. The number of para-hydroxylation sites is 1. The second kappa shape index (κ2) is 6.75. The molecule has 2 aromatic rings. The molecule has 0 saturated carbocycles. The molecule has 3 rings (SSSR count). The van der Waals surface area contributed by atoms with Gasteiger partial charge in [0.15, 0.2) is 0 Å². The third-order valence-corrected chi connectivity index (χ3v) is 3.81. The summed E-state index contributed by atoms with van der Waals surface area (Å²) in [7, 11) is 1.54. The smallest absolute Gasteiger partial charge is 0.411 e. The number of carbonyl (C=O) groups is 1. The lowest BCUT2D eigenvalue weighted by atomic mass is 10.1. The minimum absolute atomic E-state index is 0.123. The summed E-state index contributed by atoms with van der Waals surface area (Å²) in [6.07, 6.45) is -4.96. The van der Waals surface area contributed by atoms with E-state index in [-0.39, 0.29) is 24.7 Å². The fraction of sp³-hybridized carbons (Fsp3) is 0.375. The number of H-pyrrole nitrogens is 1. The monoisotopic (exact) mass is 355 g/mol. The first-order chi connectivity index (χ1) is 11.9. The molecule has 0 aliphatic carbocycles. The fourth-order valence-electron chi connectivity index (χ4n) is 2.52. The number of hydrogen-bond donors (Lipinski definition) is 1. The van der Waals surface area contributed by atoms with Crippen LogP contribution in [0.15, 0.2) is 30.3 Å². The maximum absolute atomic E-state index is 12.3. The van der Waals surface area contributed by atoms with Crippen molar-refractivity contribution < 1.29 is 27.4 Å². The Labute approximate surface area is 141 Å². The zero-order valence-electron chi connectivity index (χ0n) is 13.3. The summed E-state index contributed by atoms with van der Waals surface area (Å²) in [4.78, 5) is 13.7.